The lowest BCUT2D eigenvalue weighted by atomic mass is 10.2. The molecule has 0 bridgehead atoms. The van der Waals surface area contributed by atoms with Gasteiger partial charge in [0.05, 0.1) is 17.1 Å². The Labute approximate surface area is 170 Å². The maximum Gasteiger partial charge on any atom is 0.306 e. The second-order valence-corrected chi connectivity index (χ2v) is 6.67. The van der Waals surface area contributed by atoms with Crippen molar-refractivity contribution in [2.45, 2.75) is 12.8 Å². The van der Waals surface area contributed by atoms with Crippen molar-refractivity contribution in [2.75, 3.05) is 17.2 Å². The Morgan fingerprint density at radius 2 is 1.48 bits per heavy atom. The van der Waals surface area contributed by atoms with Gasteiger partial charge in [0.1, 0.15) is 0 Å². The zero-order chi connectivity index (χ0) is 19.8. The average Bonchev–Trinajstić information content (AvgIpc) is 2.62. The number of halogens is 3. The van der Waals surface area contributed by atoms with E-state index >= 15 is 0 Å². The molecule has 0 atom stereocenters. The first-order chi connectivity index (χ1) is 12.8. The van der Waals surface area contributed by atoms with Gasteiger partial charge >= 0.3 is 5.97 Å². The highest BCUT2D eigenvalue weighted by atomic mass is 35.5. The highest BCUT2D eigenvalue weighted by Crippen LogP contribution is 2.25. The van der Waals surface area contributed by atoms with Gasteiger partial charge in [-0.25, -0.2) is 0 Å². The van der Waals surface area contributed by atoms with E-state index in [0.717, 1.165) is 0 Å². The second-order valence-electron chi connectivity index (χ2n) is 5.39. The van der Waals surface area contributed by atoms with E-state index in [0.29, 0.717) is 21.4 Å². The molecule has 6 nitrogen and oxygen atoms in total. The van der Waals surface area contributed by atoms with Crippen LogP contribution in [0.3, 0.4) is 0 Å². The van der Waals surface area contributed by atoms with Gasteiger partial charge in [-0.1, -0.05) is 34.8 Å². The summed E-state index contributed by atoms with van der Waals surface area (Å²) in [6, 6.07) is 11.1. The van der Waals surface area contributed by atoms with Gasteiger partial charge in [0.2, 0.25) is 5.91 Å². The lowest BCUT2D eigenvalue weighted by Crippen LogP contribution is -2.22. The summed E-state index contributed by atoms with van der Waals surface area (Å²) in [7, 11) is 0. The summed E-state index contributed by atoms with van der Waals surface area (Å²) >= 11 is 17.5. The fraction of sp³-hybridized carbons (Fsp3) is 0.167. The highest BCUT2D eigenvalue weighted by molar-refractivity contribution is 6.36. The number of carbonyl (C=O) groups excluding carboxylic acids is 3. The number of hydrogen-bond donors (Lipinski definition) is 2. The molecular weight excluding hydrogens is 415 g/mol. The van der Waals surface area contributed by atoms with Crippen LogP contribution in [0.4, 0.5) is 11.4 Å². The average molecular weight is 430 g/mol. The number of amides is 2. The van der Waals surface area contributed by atoms with E-state index < -0.39 is 18.5 Å². The van der Waals surface area contributed by atoms with Gasteiger partial charge in [-0.15, -0.1) is 0 Å². The van der Waals surface area contributed by atoms with Gasteiger partial charge in [0, 0.05) is 22.2 Å². The first kappa shape index (κ1) is 21.0. The molecule has 0 spiro atoms. The Hall–Kier alpha value is -2.28. The third-order valence-corrected chi connectivity index (χ3v) is 4.05. The third-order valence-electron chi connectivity index (χ3n) is 3.25. The van der Waals surface area contributed by atoms with Crippen LogP contribution in [0.1, 0.15) is 12.8 Å². The summed E-state index contributed by atoms with van der Waals surface area (Å²) in [5.41, 5.74) is 0.918. The van der Waals surface area contributed by atoms with E-state index in [2.05, 4.69) is 10.6 Å². The Balaban J connectivity index is 1.69. The van der Waals surface area contributed by atoms with Crippen molar-refractivity contribution in [3.63, 3.8) is 0 Å². The first-order valence-corrected chi connectivity index (χ1v) is 8.93. The Morgan fingerprint density at radius 3 is 2.15 bits per heavy atom. The Bertz CT molecular complexity index is 841. The molecule has 0 unspecified atom stereocenters. The number of rotatable bonds is 7. The number of carbonyl (C=O) groups is 3. The quantitative estimate of drug-likeness (QED) is 0.633. The SMILES string of the molecule is O=C(CCC(=O)OCC(=O)Nc1ccc(Cl)cc1Cl)Nc1ccc(Cl)cc1. The first-order valence-electron chi connectivity index (χ1n) is 7.79. The number of benzene rings is 2. The van der Waals surface area contributed by atoms with Gasteiger partial charge in [-0.2, -0.15) is 0 Å². The number of anilines is 2. The van der Waals surface area contributed by atoms with Crippen LogP contribution in [0.5, 0.6) is 0 Å². The predicted molar refractivity (Wildman–Crippen MR) is 105 cm³/mol. The summed E-state index contributed by atoms with van der Waals surface area (Å²) < 4.78 is 4.84. The maximum absolute atomic E-state index is 11.8. The minimum Gasteiger partial charge on any atom is -0.456 e. The molecule has 142 valence electrons. The number of ether oxygens (including phenoxy) is 1. The van der Waals surface area contributed by atoms with Crippen molar-refractivity contribution in [3.8, 4) is 0 Å². The molecule has 0 fully saturated rings. The fourth-order valence-corrected chi connectivity index (χ4v) is 2.55. The Kier molecular flexibility index (Phi) is 7.91. The van der Waals surface area contributed by atoms with Crippen LogP contribution >= 0.6 is 34.8 Å². The van der Waals surface area contributed by atoms with Crippen molar-refractivity contribution < 1.29 is 19.1 Å². The number of esters is 1. The molecule has 0 aliphatic rings. The fourth-order valence-electron chi connectivity index (χ4n) is 1.97. The molecule has 27 heavy (non-hydrogen) atoms. The molecule has 0 aliphatic heterocycles. The Morgan fingerprint density at radius 1 is 0.815 bits per heavy atom. The van der Waals surface area contributed by atoms with Gasteiger partial charge in [0.25, 0.3) is 5.91 Å². The molecule has 0 saturated heterocycles. The largest absolute Gasteiger partial charge is 0.456 e. The molecule has 0 aliphatic carbocycles. The molecule has 2 amide bonds. The van der Waals surface area contributed by atoms with E-state index in [9.17, 15) is 14.4 Å². The van der Waals surface area contributed by atoms with E-state index in [4.69, 9.17) is 39.5 Å². The monoisotopic (exact) mass is 428 g/mol. The van der Waals surface area contributed by atoms with Crippen molar-refractivity contribution >= 4 is 64.0 Å². The summed E-state index contributed by atoms with van der Waals surface area (Å²) in [4.78, 5) is 35.3. The molecule has 0 saturated carbocycles. The van der Waals surface area contributed by atoms with Crippen LogP contribution in [0.2, 0.25) is 15.1 Å². The number of hydrogen-bond acceptors (Lipinski definition) is 4. The van der Waals surface area contributed by atoms with Crippen molar-refractivity contribution in [2.24, 2.45) is 0 Å². The minimum atomic E-state index is -0.668. The standard InChI is InChI=1S/C18H15Cl3N2O4/c19-11-1-4-13(5-2-11)22-16(24)7-8-18(26)27-10-17(25)23-15-6-3-12(20)9-14(15)21/h1-6,9H,7-8,10H2,(H,22,24)(H,23,25). The molecule has 2 N–H and O–H groups in total. The maximum atomic E-state index is 11.8. The molecule has 0 heterocycles. The van der Waals surface area contributed by atoms with Crippen LogP contribution in [-0.2, 0) is 19.1 Å². The summed E-state index contributed by atoms with van der Waals surface area (Å²) in [5.74, 6) is -1.58. The molecular formula is C18H15Cl3N2O4. The molecule has 9 heteroatoms. The van der Waals surface area contributed by atoms with Crippen LogP contribution < -0.4 is 10.6 Å². The van der Waals surface area contributed by atoms with Gasteiger partial charge in [0.15, 0.2) is 6.61 Å². The third kappa shape index (κ3) is 7.46. The minimum absolute atomic E-state index is 0.0773. The lowest BCUT2D eigenvalue weighted by Gasteiger charge is -2.08. The molecule has 2 rings (SSSR count). The zero-order valence-corrected chi connectivity index (χ0v) is 16.2. The van der Waals surface area contributed by atoms with Crippen LogP contribution in [0, 0.1) is 0 Å². The van der Waals surface area contributed by atoms with Crippen LogP contribution in [-0.4, -0.2) is 24.4 Å². The number of nitrogens with one attached hydrogen (secondary N) is 2. The van der Waals surface area contributed by atoms with Gasteiger partial charge in [-0.3, -0.25) is 14.4 Å². The normalized spacial score (nSPS) is 10.2. The summed E-state index contributed by atoms with van der Waals surface area (Å²) in [6.45, 7) is -0.489. The van der Waals surface area contributed by atoms with E-state index in [1.54, 1.807) is 30.3 Å². The molecule has 0 aromatic heterocycles. The summed E-state index contributed by atoms with van der Waals surface area (Å²) in [6.07, 6.45) is -0.236. The topological polar surface area (TPSA) is 84.5 Å². The predicted octanol–water partition coefficient (Wildman–Crippen LogP) is 4.55. The van der Waals surface area contributed by atoms with Crippen molar-refractivity contribution in [1.29, 1.82) is 0 Å². The zero-order valence-electron chi connectivity index (χ0n) is 13.9. The summed E-state index contributed by atoms with van der Waals surface area (Å²) in [5, 5.41) is 6.37. The van der Waals surface area contributed by atoms with E-state index in [-0.39, 0.29) is 23.8 Å². The van der Waals surface area contributed by atoms with Crippen LogP contribution in [0.25, 0.3) is 0 Å². The second kappa shape index (κ2) is 10.2. The van der Waals surface area contributed by atoms with Crippen LogP contribution in [0.15, 0.2) is 42.5 Å². The molecule has 0 radical (unpaired) electrons. The van der Waals surface area contributed by atoms with Gasteiger partial charge < -0.3 is 15.4 Å². The van der Waals surface area contributed by atoms with E-state index in [1.165, 1.54) is 12.1 Å². The van der Waals surface area contributed by atoms with Crippen molar-refractivity contribution in [1.82, 2.24) is 0 Å². The molecule has 2 aromatic carbocycles. The van der Waals surface area contributed by atoms with Gasteiger partial charge in [-0.05, 0) is 42.5 Å². The lowest BCUT2D eigenvalue weighted by molar-refractivity contribution is -0.147. The highest BCUT2D eigenvalue weighted by Gasteiger charge is 2.12. The van der Waals surface area contributed by atoms with Crippen molar-refractivity contribution in [3.05, 3.63) is 57.5 Å². The van der Waals surface area contributed by atoms with E-state index in [1.807, 2.05) is 0 Å². The smallest absolute Gasteiger partial charge is 0.306 e. The molecule has 2 aromatic rings.